The molecule has 0 saturated carbocycles. The van der Waals surface area contributed by atoms with Crippen LogP contribution >= 0.6 is 0 Å². The Morgan fingerprint density at radius 1 is 0.800 bits per heavy atom. The minimum atomic E-state index is -0.288. The van der Waals surface area contributed by atoms with Crippen LogP contribution in [-0.2, 0) is 0 Å². The fraction of sp³-hybridized carbons (Fsp3) is 0.200. The molecule has 0 aliphatic carbocycles. The largest absolute Gasteiger partial charge is 0.494 e. The van der Waals surface area contributed by atoms with Crippen LogP contribution in [0.2, 0.25) is 0 Å². The van der Waals surface area contributed by atoms with Gasteiger partial charge in [0, 0.05) is 11.3 Å². The fourth-order valence-corrected chi connectivity index (χ4v) is 2.82. The van der Waals surface area contributed by atoms with Gasteiger partial charge in [0.1, 0.15) is 5.75 Å². The minimum Gasteiger partial charge on any atom is -0.494 e. The van der Waals surface area contributed by atoms with Crippen molar-refractivity contribution >= 4 is 23.2 Å². The van der Waals surface area contributed by atoms with Crippen LogP contribution in [0, 0.1) is 5.92 Å². The zero-order valence-corrected chi connectivity index (χ0v) is 17.2. The quantitative estimate of drug-likeness (QED) is 0.514. The van der Waals surface area contributed by atoms with E-state index in [0.717, 1.165) is 12.2 Å². The van der Waals surface area contributed by atoms with Gasteiger partial charge < -0.3 is 15.4 Å². The van der Waals surface area contributed by atoms with Gasteiger partial charge in [0.05, 0.1) is 17.9 Å². The topological polar surface area (TPSA) is 67.4 Å². The van der Waals surface area contributed by atoms with Gasteiger partial charge in [-0.25, -0.2) is 0 Å². The molecule has 0 unspecified atom stereocenters. The van der Waals surface area contributed by atoms with Crippen LogP contribution < -0.4 is 15.4 Å². The van der Waals surface area contributed by atoms with Gasteiger partial charge in [-0.15, -0.1) is 0 Å². The van der Waals surface area contributed by atoms with Gasteiger partial charge in [0.15, 0.2) is 0 Å². The summed E-state index contributed by atoms with van der Waals surface area (Å²) in [5.41, 5.74) is 2.03. The van der Waals surface area contributed by atoms with Crippen LogP contribution in [0.4, 0.5) is 11.4 Å². The van der Waals surface area contributed by atoms with Gasteiger partial charge in [-0.05, 0) is 60.9 Å². The molecule has 30 heavy (non-hydrogen) atoms. The highest BCUT2D eigenvalue weighted by atomic mass is 16.5. The van der Waals surface area contributed by atoms with Crippen molar-refractivity contribution in [1.82, 2.24) is 0 Å². The molecule has 0 aromatic heterocycles. The lowest BCUT2D eigenvalue weighted by Gasteiger charge is -2.12. The van der Waals surface area contributed by atoms with Crippen molar-refractivity contribution < 1.29 is 14.3 Å². The maximum Gasteiger partial charge on any atom is 0.257 e. The maximum atomic E-state index is 12.7. The second-order valence-electron chi connectivity index (χ2n) is 7.38. The van der Waals surface area contributed by atoms with Crippen molar-refractivity contribution in [1.29, 1.82) is 0 Å². The highest BCUT2D eigenvalue weighted by Crippen LogP contribution is 2.19. The molecule has 0 fully saturated rings. The monoisotopic (exact) mass is 402 g/mol. The number of benzene rings is 3. The van der Waals surface area contributed by atoms with Crippen molar-refractivity contribution in [2.75, 3.05) is 17.2 Å². The molecule has 0 bridgehead atoms. The SMILES string of the molecule is CC(C)CCOc1ccc(C(=O)Nc2ccccc2C(=O)Nc2ccccc2)cc1. The normalized spacial score (nSPS) is 10.5. The molecule has 0 spiro atoms. The van der Waals surface area contributed by atoms with Crippen LogP contribution in [0.25, 0.3) is 0 Å². The Labute approximate surface area is 177 Å². The minimum absolute atomic E-state index is 0.286. The van der Waals surface area contributed by atoms with E-state index >= 15 is 0 Å². The first kappa shape index (κ1) is 21.1. The van der Waals surface area contributed by atoms with Crippen LogP contribution in [0.15, 0.2) is 78.9 Å². The summed E-state index contributed by atoms with van der Waals surface area (Å²) in [6.07, 6.45) is 0.976. The molecule has 3 rings (SSSR count). The van der Waals surface area contributed by atoms with E-state index in [1.165, 1.54) is 0 Å². The predicted octanol–water partition coefficient (Wildman–Crippen LogP) is 5.62. The van der Waals surface area contributed by atoms with Crippen LogP contribution in [0.5, 0.6) is 5.75 Å². The summed E-state index contributed by atoms with van der Waals surface area (Å²) < 4.78 is 5.69. The van der Waals surface area contributed by atoms with E-state index in [1.807, 2.05) is 30.3 Å². The molecule has 0 heterocycles. The maximum absolute atomic E-state index is 12.7. The molecule has 2 N–H and O–H groups in total. The van der Waals surface area contributed by atoms with Crippen LogP contribution in [0.1, 0.15) is 41.0 Å². The number of anilines is 2. The molecular formula is C25H26N2O3. The second kappa shape index (κ2) is 10.3. The third kappa shape index (κ3) is 5.95. The van der Waals surface area contributed by atoms with Gasteiger partial charge in [-0.3, -0.25) is 9.59 Å². The molecule has 0 radical (unpaired) electrons. The van der Waals surface area contributed by atoms with Gasteiger partial charge in [-0.1, -0.05) is 44.2 Å². The Morgan fingerprint density at radius 2 is 1.47 bits per heavy atom. The van der Waals surface area contributed by atoms with Crippen molar-refractivity contribution in [3.8, 4) is 5.75 Å². The van der Waals surface area contributed by atoms with E-state index in [-0.39, 0.29) is 11.8 Å². The zero-order valence-electron chi connectivity index (χ0n) is 17.2. The first-order valence-electron chi connectivity index (χ1n) is 10.0. The summed E-state index contributed by atoms with van der Waals surface area (Å²) in [6, 6.07) is 23.1. The lowest BCUT2D eigenvalue weighted by Crippen LogP contribution is -2.18. The van der Waals surface area contributed by atoms with Gasteiger partial charge in [0.2, 0.25) is 0 Å². The molecule has 0 aliphatic heterocycles. The van der Waals surface area contributed by atoms with E-state index in [2.05, 4.69) is 24.5 Å². The molecule has 5 nitrogen and oxygen atoms in total. The summed E-state index contributed by atoms with van der Waals surface area (Å²) in [4.78, 5) is 25.3. The smallest absolute Gasteiger partial charge is 0.257 e. The number of carbonyl (C=O) groups excluding carboxylic acids is 2. The van der Waals surface area contributed by atoms with Crippen molar-refractivity contribution in [2.45, 2.75) is 20.3 Å². The Hall–Kier alpha value is -3.60. The molecule has 0 saturated heterocycles. The molecule has 0 atom stereocenters. The number of nitrogens with one attached hydrogen (secondary N) is 2. The fourth-order valence-electron chi connectivity index (χ4n) is 2.82. The first-order valence-corrected chi connectivity index (χ1v) is 10.0. The predicted molar refractivity (Wildman–Crippen MR) is 120 cm³/mol. The summed E-state index contributed by atoms with van der Waals surface area (Å²) in [5, 5.41) is 5.67. The van der Waals surface area contributed by atoms with Gasteiger partial charge in [0.25, 0.3) is 11.8 Å². The van der Waals surface area contributed by atoms with E-state index in [4.69, 9.17) is 4.74 Å². The molecule has 0 aliphatic rings. The third-order valence-electron chi connectivity index (χ3n) is 4.53. The molecule has 5 heteroatoms. The third-order valence-corrected chi connectivity index (χ3v) is 4.53. The standard InChI is InChI=1S/C25H26N2O3/c1-18(2)16-17-30-21-14-12-19(13-15-21)24(28)27-23-11-7-6-10-22(23)25(29)26-20-8-4-3-5-9-20/h3-15,18H,16-17H2,1-2H3,(H,26,29)(H,27,28). The van der Waals surface area contributed by atoms with Crippen molar-refractivity contribution in [3.05, 3.63) is 90.0 Å². The van der Waals surface area contributed by atoms with E-state index in [9.17, 15) is 9.59 Å². The number of hydrogen-bond acceptors (Lipinski definition) is 3. The van der Waals surface area contributed by atoms with Gasteiger partial charge in [-0.2, -0.15) is 0 Å². The zero-order chi connectivity index (χ0) is 21.3. The number of hydrogen-bond donors (Lipinski definition) is 2. The lowest BCUT2D eigenvalue weighted by molar-refractivity contribution is 0.102. The average Bonchev–Trinajstić information content (AvgIpc) is 2.75. The average molecular weight is 402 g/mol. The summed E-state index contributed by atoms with van der Waals surface area (Å²) >= 11 is 0. The van der Waals surface area contributed by atoms with Crippen LogP contribution in [0.3, 0.4) is 0 Å². The lowest BCUT2D eigenvalue weighted by atomic mass is 10.1. The highest BCUT2D eigenvalue weighted by molar-refractivity contribution is 6.12. The number of ether oxygens (including phenoxy) is 1. The summed E-state index contributed by atoms with van der Waals surface area (Å²) in [5.74, 6) is 0.735. The molecule has 3 aromatic rings. The second-order valence-corrected chi connectivity index (χ2v) is 7.38. The number of para-hydroxylation sites is 2. The van der Waals surface area contributed by atoms with Gasteiger partial charge >= 0.3 is 0 Å². The number of rotatable bonds is 8. The molecule has 2 amide bonds. The van der Waals surface area contributed by atoms with E-state index < -0.39 is 0 Å². The Balaban J connectivity index is 1.66. The van der Waals surface area contributed by atoms with E-state index in [1.54, 1.807) is 48.5 Å². The Morgan fingerprint density at radius 3 is 2.17 bits per heavy atom. The van der Waals surface area contributed by atoms with Crippen molar-refractivity contribution in [3.63, 3.8) is 0 Å². The number of carbonyl (C=O) groups is 2. The molecular weight excluding hydrogens is 376 g/mol. The highest BCUT2D eigenvalue weighted by Gasteiger charge is 2.14. The van der Waals surface area contributed by atoms with Crippen LogP contribution in [-0.4, -0.2) is 18.4 Å². The molecule has 154 valence electrons. The first-order chi connectivity index (χ1) is 14.5. The summed E-state index contributed by atoms with van der Waals surface area (Å²) in [7, 11) is 0. The van der Waals surface area contributed by atoms with Crippen molar-refractivity contribution in [2.24, 2.45) is 5.92 Å². The van der Waals surface area contributed by atoms with E-state index in [0.29, 0.717) is 35.0 Å². The number of amides is 2. The summed E-state index contributed by atoms with van der Waals surface area (Å²) in [6.45, 7) is 4.94. The molecule has 3 aromatic carbocycles. The Kier molecular flexibility index (Phi) is 7.22. The Bertz CT molecular complexity index is 983.